The number of rotatable bonds is 11. The number of fused-ring (bicyclic) bond motifs is 1. The molecule has 2 heterocycles. The van der Waals surface area contributed by atoms with E-state index in [2.05, 4.69) is 45.2 Å². The lowest BCUT2D eigenvalue weighted by atomic mass is 9.97. The maximum absolute atomic E-state index is 13.4. The number of halogens is 3. The van der Waals surface area contributed by atoms with Crippen molar-refractivity contribution < 1.29 is 32.2 Å². The molecule has 3 aromatic carbocycles. The predicted octanol–water partition coefficient (Wildman–Crippen LogP) is 8.13. The Morgan fingerprint density at radius 2 is 1.80 bits per heavy atom. The quantitative estimate of drug-likeness (QED) is 0.0826. The predicted molar refractivity (Wildman–Crippen MR) is 192 cm³/mol. The first-order valence-corrected chi connectivity index (χ1v) is 17.5. The third kappa shape index (κ3) is 9.72. The number of allylic oxidation sites excluding steroid dienone is 1. The van der Waals surface area contributed by atoms with Gasteiger partial charge in [0.1, 0.15) is 5.75 Å². The fourth-order valence-corrected chi connectivity index (χ4v) is 6.91. The van der Waals surface area contributed by atoms with Crippen LogP contribution in [0.5, 0.6) is 11.6 Å². The van der Waals surface area contributed by atoms with Gasteiger partial charge in [-0.15, -0.1) is 11.8 Å². The van der Waals surface area contributed by atoms with Crippen LogP contribution in [0.15, 0.2) is 83.3 Å². The number of carbonyl (C=O) groups is 2. The molecule has 0 saturated carbocycles. The van der Waals surface area contributed by atoms with Crippen molar-refractivity contribution in [1.82, 2.24) is 10.3 Å². The average Bonchev–Trinajstić information content (AvgIpc) is 3.53. The van der Waals surface area contributed by atoms with Crippen molar-refractivity contribution in [2.75, 3.05) is 38.3 Å². The minimum atomic E-state index is -4.34. The number of benzene rings is 3. The summed E-state index contributed by atoms with van der Waals surface area (Å²) in [6.07, 6.45) is 0.858. The molecule has 4 N–H and O–H groups in total. The Bertz CT molecular complexity index is 1800. The molecular weight excluding hydrogens is 666 g/mol. The van der Waals surface area contributed by atoms with Crippen LogP contribution in [0.1, 0.15) is 52.9 Å². The van der Waals surface area contributed by atoms with Gasteiger partial charge < -0.3 is 30.4 Å². The Hall–Kier alpha value is -4.68. The van der Waals surface area contributed by atoms with Crippen LogP contribution in [-0.2, 0) is 21.7 Å². The van der Waals surface area contributed by atoms with E-state index >= 15 is 0 Å². The smallest absolute Gasteiger partial charge is 0.412 e. The Labute approximate surface area is 294 Å². The summed E-state index contributed by atoms with van der Waals surface area (Å²) in [5, 5.41) is 2.86. The zero-order valence-electron chi connectivity index (χ0n) is 27.9. The van der Waals surface area contributed by atoms with Crippen molar-refractivity contribution >= 4 is 35.8 Å². The molecule has 1 aliphatic carbocycles. The number of nitrogens with two attached hydrogens (primary N) is 1. The molecule has 4 aromatic rings. The maximum atomic E-state index is 13.4. The number of aromatic amines is 1. The molecular formula is C38H41F3N4O4S. The summed E-state index contributed by atoms with van der Waals surface area (Å²) >= 11 is 1.65. The molecule has 0 spiro atoms. The maximum Gasteiger partial charge on any atom is 0.412 e. The molecule has 2 aliphatic rings. The molecule has 1 aromatic heterocycles. The number of hydrogen-bond acceptors (Lipinski definition) is 6. The highest BCUT2D eigenvalue weighted by atomic mass is 32.2. The fraction of sp³-hybridized carbons (Fsp3) is 0.316. The number of piperidine rings is 1. The molecule has 50 heavy (non-hydrogen) atoms. The number of carbonyl (C=O) groups excluding carboxylic acids is 2. The van der Waals surface area contributed by atoms with Crippen molar-refractivity contribution in [3.8, 4) is 22.8 Å². The van der Waals surface area contributed by atoms with E-state index in [1.165, 1.54) is 12.5 Å². The Morgan fingerprint density at radius 3 is 2.56 bits per heavy atom. The lowest BCUT2D eigenvalue weighted by Gasteiger charge is -2.29. The Morgan fingerprint density at radius 1 is 1.02 bits per heavy atom. The van der Waals surface area contributed by atoms with E-state index in [-0.39, 0.29) is 18.7 Å². The van der Waals surface area contributed by atoms with Gasteiger partial charge in [-0.05, 0) is 85.2 Å². The average molecular weight is 707 g/mol. The number of primary amides is 1. The van der Waals surface area contributed by atoms with Gasteiger partial charge in [-0.1, -0.05) is 30.3 Å². The lowest BCUT2D eigenvalue weighted by Crippen LogP contribution is -2.29. The highest BCUT2D eigenvalue weighted by molar-refractivity contribution is 7.98. The number of nitrogens with zero attached hydrogens (tertiary/aromatic N) is 1. The van der Waals surface area contributed by atoms with Crippen molar-refractivity contribution in [3.05, 3.63) is 101 Å². The first kappa shape index (κ1) is 36.6. The number of nitrogens with one attached hydrogen (secondary N) is 2. The molecule has 2 amide bonds. The van der Waals surface area contributed by atoms with E-state index in [1.54, 1.807) is 24.9 Å². The van der Waals surface area contributed by atoms with E-state index in [0.29, 0.717) is 48.2 Å². The molecule has 12 heteroatoms. The van der Waals surface area contributed by atoms with Crippen LogP contribution in [0.25, 0.3) is 17.2 Å². The zero-order chi connectivity index (χ0) is 35.5. The summed E-state index contributed by atoms with van der Waals surface area (Å²) in [4.78, 5) is 27.5. The molecule has 0 atom stereocenters. The molecule has 0 radical (unpaired) electrons. The second-order valence-electron chi connectivity index (χ2n) is 12.0. The molecule has 0 bridgehead atoms. The number of anilines is 1. The van der Waals surface area contributed by atoms with Crippen LogP contribution in [0.3, 0.4) is 0 Å². The number of methoxy groups -OCH3 is 1. The number of hydrogen-bond donors (Lipinski definition) is 3. The van der Waals surface area contributed by atoms with E-state index in [1.807, 2.05) is 42.5 Å². The summed E-state index contributed by atoms with van der Waals surface area (Å²) in [7, 11) is 1.60. The van der Waals surface area contributed by atoms with Crippen molar-refractivity contribution in [2.24, 2.45) is 5.73 Å². The second kappa shape index (κ2) is 17.3. The van der Waals surface area contributed by atoms with Gasteiger partial charge in [-0.25, -0.2) is 0 Å². The SMILES string of the molecule is COCCNC(=O)c1cccc(SCc2cccc(-c3ccc(N4CCCCC4)cc3Oc3cc4c([nH]3)C=C(C(F)(F)F)CC4)c2)c1.NC=O. The van der Waals surface area contributed by atoms with Gasteiger partial charge in [0, 0.05) is 77.6 Å². The second-order valence-corrected chi connectivity index (χ2v) is 13.0. The molecule has 1 aliphatic heterocycles. The van der Waals surface area contributed by atoms with Crippen LogP contribution in [0.4, 0.5) is 18.9 Å². The third-order valence-electron chi connectivity index (χ3n) is 8.49. The number of ether oxygens (including phenoxy) is 2. The normalized spacial score (nSPS) is 14.2. The first-order valence-electron chi connectivity index (χ1n) is 16.5. The highest BCUT2D eigenvalue weighted by Gasteiger charge is 2.35. The number of H-pyrrole nitrogens is 1. The van der Waals surface area contributed by atoms with Gasteiger partial charge in [0.15, 0.2) is 5.88 Å². The fourth-order valence-electron chi connectivity index (χ4n) is 6.01. The topological polar surface area (TPSA) is 110 Å². The van der Waals surface area contributed by atoms with Crippen LogP contribution in [0.2, 0.25) is 0 Å². The van der Waals surface area contributed by atoms with Gasteiger partial charge in [0.2, 0.25) is 6.41 Å². The number of aromatic nitrogens is 1. The first-order chi connectivity index (χ1) is 24.2. The van der Waals surface area contributed by atoms with E-state index < -0.39 is 11.7 Å². The van der Waals surface area contributed by atoms with E-state index in [0.717, 1.165) is 58.8 Å². The van der Waals surface area contributed by atoms with Gasteiger partial charge in [-0.3, -0.25) is 9.59 Å². The van der Waals surface area contributed by atoms with Crippen molar-refractivity contribution in [1.29, 1.82) is 0 Å². The highest BCUT2D eigenvalue weighted by Crippen LogP contribution is 2.40. The van der Waals surface area contributed by atoms with Crippen LogP contribution < -0.4 is 20.7 Å². The van der Waals surface area contributed by atoms with Crippen LogP contribution >= 0.6 is 11.8 Å². The van der Waals surface area contributed by atoms with Gasteiger partial charge in [-0.2, -0.15) is 13.2 Å². The van der Waals surface area contributed by atoms with Gasteiger partial charge in [0.25, 0.3) is 5.91 Å². The molecule has 0 unspecified atom stereocenters. The molecule has 1 saturated heterocycles. The van der Waals surface area contributed by atoms with Gasteiger partial charge in [0.05, 0.1) is 6.61 Å². The number of aryl methyl sites for hydroxylation is 1. The number of amides is 2. The van der Waals surface area contributed by atoms with Crippen molar-refractivity contribution in [2.45, 2.75) is 48.9 Å². The summed E-state index contributed by atoms with van der Waals surface area (Å²) in [6, 6.07) is 23.9. The molecule has 8 nitrogen and oxygen atoms in total. The minimum absolute atomic E-state index is 0.0415. The molecule has 264 valence electrons. The summed E-state index contributed by atoms with van der Waals surface area (Å²) < 4.78 is 51.7. The van der Waals surface area contributed by atoms with E-state index in [4.69, 9.17) is 14.3 Å². The van der Waals surface area contributed by atoms with Gasteiger partial charge >= 0.3 is 6.18 Å². The number of thioether (sulfide) groups is 1. The standard InChI is InChI=1S/C37H38F3N3O3S.CH3NO/c1-45-18-15-41-36(44)28-9-6-10-31(20-28)47-24-25-7-5-8-26(19-25)32-14-13-30(43-16-3-2-4-17-43)23-34(32)46-35-21-27-11-12-29(37(38,39)40)22-33(27)42-35;2-1-3/h5-10,13-14,19-23,42H,2-4,11-12,15-18,24H2,1H3,(H,41,44);1H,(H2,2,3). The number of alkyl halides is 3. The Kier molecular flexibility index (Phi) is 12.7. The molecule has 1 fully saturated rings. The molecule has 6 rings (SSSR count). The summed E-state index contributed by atoms with van der Waals surface area (Å²) in [5.41, 5.74) is 9.55. The largest absolute Gasteiger partial charge is 0.440 e. The monoisotopic (exact) mass is 706 g/mol. The summed E-state index contributed by atoms with van der Waals surface area (Å²) in [6.45, 7) is 2.86. The van der Waals surface area contributed by atoms with Crippen molar-refractivity contribution in [3.63, 3.8) is 0 Å². The van der Waals surface area contributed by atoms with Crippen LogP contribution in [-0.4, -0.2) is 56.8 Å². The lowest BCUT2D eigenvalue weighted by molar-refractivity contribution is -0.107. The third-order valence-corrected chi connectivity index (χ3v) is 9.56. The minimum Gasteiger partial charge on any atom is -0.440 e. The van der Waals surface area contributed by atoms with Crippen LogP contribution in [0, 0.1) is 0 Å². The Balaban J connectivity index is 0.00000156. The summed E-state index contributed by atoms with van der Waals surface area (Å²) in [5.74, 6) is 1.63. The van der Waals surface area contributed by atoms with E-state index in [9.17, 15) is 18.0 Å². The zero-order valence-corrected chi connectivity index (χ0v) is 28.7.